The Balaban J connectivity index is 1.97. The third-order valence-corrected chi connectivity index (χ3v) is 5.37. The fraction of sp³-hybridized carbons (Fsp3) is 0.227. The predicted molar refractivity (Wildman–Crippen MR) is 112 cm³/mol. The number of carbonyl (C=O) groups excluding carboxylic acids is 1. The lowest BCUT2D eigenvalue weighted by atomic mass is 10.1. The van der Waals surface area contributed by atoms with Crippen LogP contribution in [-0.4, -0.2) is 22.1 Å². The molecule has 3 rings (SSSR count). The van der Waals surface area contributed by atoms with Gasteiger partial charge < -0.3 is 9.30 Å². The molecule has 6 heteroatoms. The maximum Gasteiger partial charge on any atom is 0.338 e. The predicted octanol–water partition coefficient (Wildman–Crippen LogP) is 5.10. The minimum atomic E-state index is -0.323. The summed E-state index contributed by atoms with van der Waals surface area (Å²) in [6.45, 7) is 8.09. The van der Waals surface area contributed by atoms with Crippen LogP contribution in [0.15, 0.2) is 35.7 Å². The van der Waals surface area contributed by atoms with Gasteiger partial charge >= 0.3 is 5.97 Å². The maximum atomic E-state index is 11.8. The Morgan fingerprint density at radius 1 is 1.29 bits per heavy atom. The zero-order chi connectivity index (χ0) is 20.3. The van der Waals surface area contributed by atoms with E-state index in [1.807, 2.05) is 50.4 Å². The van der Waals surface area contributed by atoms with Gasteiger partial charge in [0.1, 0.15) is 11.1 Å². The van der Waals surface area contributed by atoms with Gasteiger partial charge in [-0.1, -0.05) is 0 Å². The molecule has 0 radical (unpaired) electrons. The van der Waals surface area contributed by atoms with Crippen molar-refractivity contribution in [2.24, 2.45) is 0 Å². The fourth-order valence-corrected chi connectivity index (χ4v) is 3.83. The molecule has 0 saturated heterocycles. The van der Waals surface area contributed by atoms with Gasteiger partial charge in [-0.25, -0.2) is 9.78 Å². The molecule has 0 aliphatic carbocycles. The lowest BCUT2D eigenvalue weighted by Crippen LogP contribution is -2.05. The number of nitriles is 1. The van der Waals surface area contributed by atoms with Crippen molar-refractivity contribution in [3.05, 3.63) is 68.9 Å². The van der Waals surface area contributed by atoms with Crippen LogP contribution in [0.1, 0.15) is 44.9 Å². The Kier molecular flexibility index (Phi) is 5.76. The molecule has 0 N–H and O–H groups in total. The first-order chi connectivity index (χ1) is 13.4. The van der Waals surface area contributed by atoms with Crippen LogP contribution in [0.4, 0.5) is 0 Å². The van der Waals surface area contributed by atoms with Crippen molar-refractivity contribution in [3.63, 3.8) is 0 Å². The van der Waals surface area contributed by atoms with E-state index in [-0.39, 0.29) is 5.97 Å². The van der Waals surface area contributed by atoms with Crippen LogP contribution in [0.2, 0.25) is 0 Å². The molecule has 2 aromatic heterocycles. The number of allylic oxidation sites excluding steroid dienone is 1. The molecule has 0 amide bonds. The first-order valence-corrected chi connectivity index (χ1v) is 9.83. The second kappa shape index (κ2) is 8.24. The SMILES string of the molecule is CCOC(=O)c1ccc(-n2c(C)cc(/C=C(\C#N)c3nc(C)cs3)c2C)cc1. The number of hydrogen-bond donors (Lipinski definition) is 0. The van der Waals surface area contributed by atoms with Gasteiger partial charge in [-0.2, -0.15) is 5.26 Å². The van der Waals surface area contributed by atoms with Crippen molar-refractivity contribution in [2.45, 2.75) is 27.7 Å². The number of nitrogens with zero attached hydrogens (tertiary/aromatic N) is 3. The summed E-state index contributed by atoms with van der Waals surface area (Å²) in [5.74, 6) is -0.323. The average Bonchev–Trinajstić information content (AvgIpc) is 3.23. The summed E-state index contributed by atoms with van der Waals surface area (Å²) in [5.41, 5.74) is 5.97. The third kappa shape index (κ3) is 3.90. The number of rotatable bonds is 5. The van der Waals surface area contributed by atoms with E-state index in [1.54, 1.807) is 19.1 Å². The fourth-order valence-electron chi connectivity index (χ4n) is 3.07. The van der Waals surface area contributed by atoms with Crippen LogP contribution in [0.25, 0.3) is 17.3 Å². The first kappa shape index (κ1) is 19.6. The van der Waals surface area contributed by atoms with Gasteiger partial charge in [-0.05, 0) is 69.7 Å². The Hall–Kier alpha value is -3.17. The van der Waals surface area contributed by atoms with Crippen LogP contribution in [0.3, 0.4) is 0 Å². The van der Waals surface area contributed by atoms with Gasteiger partial charge in [0.2, 0.25) is 0 Å². The van der Waals surface area contributed by atoms with Gasteiger partial charge in [-0.3, -0.25) is 0 Å². The minimum Gasteiger partial charge on any atom is -0.462 e. The first-order valence-electron chi connectivity index (χ1n) is 8.95. The molecule has 0 aliphatic rings. The Morgan fingerprint density at radius 2 is 2.00 bits per heavy atom. The van der Waals surface area contributed by atoms with E-state index in [0.29, 0.717) is 17.7 Å². The van der Waals surface area contributed by atoms with Gasteiger partial charge in [0, 0.05) is 28.1 Å². The van der Waals surface area contributed by atoms with Crippen molar-refractivity contribution >= 4 is 29.0 Å². The molecule has 5 nitrogen and oxygen atoms in total. The standard InChI is InChI=1S/C22H21N3O2S/c1-5-27-22(26)17-6-8-20(9-7-17)25-15(3)10-18(16(25)4)11-19(12-23)21-24-14(2)13-28-21/h6-11,13H,5H2,1-4H3/b19-11+. The molecular formula is C22H21N3O2S. The summed E-state index contributed by atoms with van der Waals surface area (Å²) in [5, 5.41) is 12.2. The minimum absolute atomic E-state index is 0.323. The van der Waals surface area contributed by atoms with Crippen LogP contribution in [-0.2, 0) is 4.74 Å². The third-order valence-electron chi connectivity index (χ3n) is 4.38. The lowest BCUT2D eigenvalue weighted by Gasteiger charge is -2.10. The molecule has 0 saturated carbocycles. The van der Waals surface area contributed by atoms with E-state index >= 15 is 0 Å². The number of hydrogen-bond acceptors (Lipinski definition) is 5. The molecule has 0 aliphatic heterocycles. The Labute approximate surface area is 168 Å². The molecule has 3 aromatic rings. The molecule has 0 atom stereocenters. The molecule has 0 spiro atoms. The summed E-state index contributed by atoms with van der Waals surface area (Å²) in [6.07, 6.45) is 1.88. The quantitative estimate of drug-likeness (QED) is 0.448. The number of ether oxygens (including phenoxy) is 1. The van der Waals surface area contributed by atoms with Crippen molar-refractivity contribution < 1.29 is 9.53 Å². The molecule has 2 heterocycles. The number of aromatic nitrogens is 2. The average molecular weight is 391 g/mol. The highest BCUT2D eigenvalue weighted by molar-refractivity contribution is 7.11. The summed E-state index contributed by atoms with van der Waals surface area (Å²) in [6, 6.07) is 11.6. The number of esters is 1. The zero-order valence-corrected chi connectivity index (χ0v) is 17.1. The van der Waals surface area contributed by atoms with Crippen molar-refractivity contribution in [2.75, 3.05) is 6.61 Å². The van der Waals surface area contributed by atoms with Crippen LogP contribution >= 0.6 is 11.3 Å². The highest BCUT2D eigenvalue weighted by Crippen LogP contribution is 2.26. The van der Waals surface area contributed by atoms with Gasteiger partial charge in [0.15, 0.2) is 0 Å². The molecule has 142 valence electrons. The zero-order valence-electron chi connectivity index (χ0n) is 16.3. The molecule has 0 fully saturated rings. The Morgan fingerprint density at radius 3 is 2.57 bits per heavy atom. The van der Waals surface area contributed by atoms with Crippen molar-refractivity contribution in [3.8, 4) is 11.8 Å². The molecule has 28 heavy (non-hydrogen) atoms. The van der Waals surface area contributed by atoms with E-state index < -0.39 is 0 Å². The maximum absolute atomic E-state index is 11.8. The van der Waals surface area contributed by atoms with E-state index in [9.17, 15) is 10.1 Å². The van der Waals surface area contributed by atoms with Crippen molar-refractivity contribution in [1.82, 2.24) is 9.55 Å². The summed E-state index contributed by atoms with van der Waals surface area (Å²) < 4.78 is 7.14. The van der Waals surface area contributed by atoms with Crippen molar-refractivity contribution in [1.29, 1.82) is 5.26 Å². The Bertz CT molecular complexity index is 1080. The van der Waals surface area contributed by atoms with Crippen LogP contribution in [0, 0.1) is 32.1 Å². The molecule has 1 aromatic carbocycles. The normalized spacial score (nSPS) is 11.3. The lowest BCUT2D eigenvalue weighted by molar-refractivity contribution is 0.0526. The number of benzene rings is 1. The monoisotopic (exact) mass is 391 g/mol. The van der Waals surface area contributed by atoms with Gasteiger partial charge in [-0.15, -0.1) is 11.3 Å². The number of carbonyl (C=O) groups is 1. The highest BCUT2D eigenvalue weighted by atomic mass is 32.1. The molecular weight excluding hydrogens is 370 g/mol. The molecule has 0 bridgehead atoms. The smallest absolute Gasteiger partial charge is 0.338 e. The second-order valence-electron chi connectivity index (χ2n) is 6.39. The van der Waals surface area contributed by atoms with E-state index in [2.05, 4.69) is 15.6 Å². The van der Waals surface area contributed by atoms with E-state index in [4.69, 9.17) is 4.74 Å². The van der Waals surface area contributed by atoms with E-state index in [1.165, 1.54) is 11.3 Å². The topological polar surface area (TPSA) is 67.9 Å². The second-order valence-corrected chi connectivity index (χ2v) is 7.25. The van der Waals surface area contributed by atoms with Crippen LogP contribution < -0.4 is 0 Å². The molecule has 0 unspecified atom stereocenters. The van der Waals surface area contributed by atoms with Gasteiger partial charge in [0.05, 0.1) is 17.7 Å². The van der Waals surface area contributed by atoms with E-state index in [0.717, 1.165) is 33.3 Å². The summed E-state index contributed by atoms with van der Waals surface area (Å²) in [4.78, 5) is 16.3. The highest BCUT2D eigenvalue weighted by Gasteiger charge is 2.13. The largest absolute Gasteiger partial charge is 0.462 e. The number of thiazole rings is 1. The summed E-state index contributed by atoms with van der Waals surface area (Å²) >= 11 is 1.47. The summed E-state index contributed by atoms with van der Waals surface area (Å²) in [7, 11) is 0. The van der Waals surface area contributed by atoms with Gasteiger partial charge in [0.25, 0.3) is 0 Å². The van der Waals surface area contributed by atoms with Crippen LogP contribution in [0.5, 0.6) is 0 Å². The number of aryl methyl sites for hydroxylation is 2.